The van der Waals surface area contributed by atoms with Crippen molar-refractivity contribution in [3.63, 3.8) is 0 Å². The van der Waals surface area contributed by atoms with E-state index < -0.39 is 10.0 Å². The van der Waals surface area contributed by atoms with Crippen molar-refractivity contribution in [3.05, 3.63) is 40.3 Å². The number of aromatic nitrogens is 2. The number of hydrogen-bond acceptors (Lipinski definition) is 4. The smallest absolute Gasteiger partial charge is 0.262 e. The molecule has 1 aromatic carbocycles. The third kappa shape index (κ3) is 4.25. The van der Waals surface area contributed by atoms with Crippen LogP contribution < -0.4 is 5.32 Å². The molecule has 1 aliphatic rings. The quantitative estimate of drug-likeness (QED) is 0.769. The summed E-state index contributed by atoms with van der Waals surface area (Å²) < 4.78 is 29.6. The summed E-state index contributed by atoms with van der Waals surface area (Å²) in [4.78, 5) is 16.7. The molecule has 3 rings (SSSR count). The molecule has 0 unspecified atom stereocenters. The first-order chi connectivity index (χ1) is 12.7. The summed E-state index contributed by atoms with van der Waals surface area (Å²) in [5, 5.41) is 3.00. The fourth-order valence-electron chi connectivity index (χ4n) is 3.11. The number of rotatable bonds is 4. The average Bonchev–Trinajstić information content (AvgIpc) is 2.98. The Balaban J connectivity index is 1.62. The van der Waals surface area contributed by atoms with Gasteiger partial charge in [0.1, 0.15) is 5.82 Å². The topological polar surface area (TPSA) is 84.3 Å². The highest BCUT2D eigenvalue weighted by Crippen LogP contribution is 2.25. The van der Waals surface area contributed by atoms with Gasteiger partial charge in [0.15, 0.2) is 5.03 Å². The number of imidazole rings is 1. The van der Waals surface area contributed by atoms with E-state index in [4.69, 9.17) is 0 Å². The first-order valence-corrected chi connectivity index (χ1v) is 11.0. The molecule has 0 saturated carbocycles. The lowest BCUT2D eigenvalue weighted by Gasteiger charge is -2.30. The third-order valence-corrected chi connectivity index (χ3v) is 7.60. The summed E-state index contributed by atoms with van der Waals surface area (Å²) in [6.45, 7) is 4.35. The number of amides is 1. The fourth-order valence-corrected chi connectivity index (χ4v) is 4.85. The lowest BCUT2D eigenvalue weighted by Crippen LogP contribution is -2.41. The summed E-state index contributed by atoms with van der Waals surface area (Å²) >= 11 is 3.44. The van der Waals surface area contributed by atoms with E-state index in [0.717, 1.165) is 15.7 Å². The van der Waals surface area contributed by atoms with Crippen LogP contribution in [0.2, 0.25) is 0 Å². The molecule has 146 valence electrons. The van der Waals surface area contributed by atoms with E-state index in [1.165, 1.54) is 10.5 Å². The number of carbonyl (C=O) groups is 1. The Kier molecular flexibility index (Phi) is 5.73. The first-order valence-electron chi connectivity index (χ1n) is 8.75. The Hall–Kier alpha value is -1.71. The van der Waals surface area contributed by atoms with Gasteiger partial charge in [0.2, 0.25) is 5.91 Å². The highest BCUT2D eigenvalue weighted by atomic mass is 79.9. The van der Waals surface area contributed by atoms with E-state index >= 15 is 0 Å². The fraction of sp³-hybridized carbons (Fsp3) is 0.444. The number of carbonyl (C=O) groups excluding carboxylic acids is 1. The van der Waals surface area contributed by atoms with Crippen LogP contribution in [-0.4, -0.2) is 41.3 Å². The largest absolute Gasteiger partial charge is 0.337 e. The van der Waals surface area contributed by atoms with Crippen LogP contribution in [0.5, 0.6) is 0 Å². The maximum absolute atomic E-state index is 12.7. The number of sulfonamides is 1. The molecule has 1 fully saturated rings. The molecule has 1 aliphatic heterocycles. The van der Waals surface area contributed by atoms with Gasteiger partial charge in [0.25, 0.3) is 10.0 Å². The molecule has 0 aliphatic carbocycles. The number of nitrogens with one attached hydrogen (secondary N) is 1. The maximum atomic E-state index is 12.7. The zero-order valence-electron chi connectivity index (χ0n) is 15.6. The number of halogens is 1. The lowest BCUT2D eigenvalue weighted by atomic mass is 9.97. The Morgan fingerprint density at radius 3 is 2.48 bits per heavy atom. The van der Waals surface area contributed by atoms with Gasteiger partial charge >= 0.3 is 0 Å². The van der Waals surface area contributed by atoms with Crippen LogP contribution in [0.4, 0.5) is 5.69 Å². The van der Waals surface area contributed by atoms with Crippen molar-refractivity contribution in [2.24, 2.45) is 13.0 Å². The molecule has 27 heavy (non-hydrogen) atoms. The van der Waals surface area contributed by atoms with Crippen molar-refractivity contribution in [2.75, 3.05) is 18.4 Å². The number of aryl methyl sites for hydroxylation is 3. The molecule has 1 aromatic heterocycles. The van der Waals surface area contributed by atoms with Crippen LogP contribution in [0.1, 0.15) is 24.2 Å². The van der Waals surface area contributed by atoms with E-state index in [0.29, 0.717) is 31.8 Å². The zero-order chi connectivity index (χ0) is 19.8. The number of anilines is 1. The van der Waals surface area contributed by atoms with Gasteiger partial charge in [0, 0.05) is 42.4 Å². The summed E-state index contributed by atoms with van der Waals surface area (Å²) in [6.07, 6.45) is 2.51. The third-order valence-electron chi connectivity index (χ3n) is 4.94. The van der Waals surface area contributed by atoms with Crippen LogP contribution in [0.15, 0.2) is 33.9 Å². The molecule has 0 radical (unpaired) electrons. The Morgan fingerprint density at radius 2 is 1.93 bits per heavy atom. The molecular weight excluding hydrogens is 432 g/mol. The van der Waals surface area contributed by atoms with Crippen molar-refractivity contribution in [2.45, 2.75) is 31.7 Å². The number of hydrogen-bond donors (Lipinski definition) is 1. The summed E-state index contributed by atoms with van der Waals surface area (Å²) in [5.74, 6) is 0.376. The second-order valence-corrected chi connectivity index (χ2v) is 9.61. The predicted molar refractivity (Wildman–Crippen MR) is 107 cm³/mol. The van der Waals surface area contributed by atoms with Crippen LogP contribution in [-0.2, 0) is 21.9 Å². The Bertz CT molecular complexity index is 943. The molecule has 0 spiro atoms. The zero-order valence-corrected chi connectivity index (χ0v) is 18.0. The summed E-state index contributed by atoms with van der Waals surface area (Å²) in [7, 11) is -1.85. The molecule has 0 atom stereocenters. The molecule has 1 amide bonds. The minimum atomic E-state index is -3.62. The molecule has 1 saturated heterocycles. The van der Waals surface area contributed by atoms with Crippen molar-refractivity contribution < 1.29 is 13.2 Å². The second kappa shape index (κ2) is 7.73. The number of nitrogens with zero attached hydrogens (tertiary/aromatic N) is 3. The van der Waals surface area contributed by atoms with Gasteiger partial charge in [0.05, 0.1) is 0 Å². The van der Waals surface area contributed by atoms with E-state index in [1.807, 2.05) is 25.1 Å². The highest BCUT2D eigenvalue weighted by Gasteiger charge is 2.33. The SMILES string of the molecule is Cc1cc(NC(=O)C2CCN(S(=O)(=O)c3cn(C)c(C)n3)CC2)ccc1Br. The average molecular weight is 455 g/mol. The van der Waals surface area contributed by atoms with Gasteiger partial charge in [-0.2, -0.15) is 4.31 Å². The number of benzene rings is 1. The van der Waals surface area contributed by atoms with Crippen molar-refractivity contribution in [1.29, 1.82) is 0 Å². The van der Waals surface area contributed by atoms with Gasteiger partial charge in [-0.3, -0.25) is 4.79 Å². The lowest BCUT2D eigenvalue weighted by molar-refractivity contribution is -0.120. The monoisotopic (exact) mass is 454 g/mol. The molecule has 9 heteroatoms. The molecule has 0 bridgehead atoms. The van der Waals surface area contributed by atoms with Gasteiger partial charge in [-0.25, -0.2) is 13.4 Å². The van der Waals surface area contributed by atoms with Crippen molar-refractivity contribution >= 4 is 37.5 Å². The molecule has 1 N–H and O–H groups in total. The second-order valence-electron chi connectivity index (χ2n) is 6.87. The van der Waals surface area contributed by atoms with E-state index in [2.05, 4.69) is 26.2 Å². The van der Waals surface area contributed by atoms with Crippen LogP contribution in [0.3, 0.4) is 0 Å². The van der Waals surface area contributed by atoms with Crippen molar-refractivity contribution in [3.8, 4) is 0 Å². The predicted octanol–water partition coefficient (Wildman–Crippen LogP) is 2.84. The first kappa shape index (κ1) is 20.0. The van der Waals surface area contributed by atoms with E-state index in [-0.39, 0.29) is 16.9 Å². The van der Waals surface area contributed by atoms with Crippen LogP contribution >= 0.6 is 15.9 Å². The molecule has 2 heterocycles. The summed E-state index contributed by atoms with van der Waals surface area (Å²) in [6, 6.07) is 5.65. The van der Waals surface area contributed by atoms with Crippen LogP contribution in [0, 0.1) is 19.8 Å². The minimum Gasteiger partial charge on any atom is -0.337 e. The normalized spacial score (nSPS) is 16.4. The molecule has 7 nitrogen and oxygen atoms in total. The summed E-state index contributed by atoms with van der Waals surface area (Å²) in [5.41, 5.74) is 1.79. The van der Waals surface area contributed by atoms with E-state index in [1.54, 1.807) is 18.5 Å². The van der Waals surface area contributed by atoms with Gasteiger partial charge in [-0.1, -0.05) is 15.9 Å². The van der Waals surface area contributed by atoms with Gasteiger partial charge < -0.3 is 9.88 Å². The Morgan fingerprint density at radius 1 is 1.26 bits per heavy atom. The van der Waals surface area contributed by atoms with Gasteiger partial charge in [-0.05, 0) is 50.5 Å². The Labute approximate surface area is 168 Å². The van der Waals surface area contributed by atoms with Gasteiger partial charge in [-0.15, -0.1) is 0 Å². The standard InChI is InChI=1S/C18H23BrN4O3S/c1-12-10-15(4-5-16(12)19)21-18(24)14-6-8-23(9-7-14)27(25,26)17-11-22(3)13(2)20-17/h4-5,10-11,14H,6-9H2,1-3H3,(H,21,24). The van der Waals surface area contributed by atoms with E-state index in [9.17, 15) is 13.2 Å². The highest BCUT2D eigenvalue weighted by molar-refractivity contribution is 9.10. The number of piperidine rings is 1. The minimum absolute atomic E-state index is 0.0655. The molecule has 2 aromatic rings. The van der Waals surface area contributed by atoms with Crippen LogP contribution in [0.25, 0.3) is 0 Å². The maximum Gasteiger partial charge on any atom is 0.262 e. The molecular formula is C18H23BrN4O3S. The van der Waals surface area contributed by atoms with Crippen molar-refractivity contribution in [1.82, 2.24) is 13.9 Å².